The number of hydrazone groups is 1. The molecule has 4 rings (SSSR count). The molecule has 0 aliphatic carbocycles. The summed E-state index contributed by atoms with van der Waals surface area (Å²) >= 11 is 1.46. The highest BCUT2D eigenvalue weighted by Gasteiger charge is 2.21. The van der Waals surface area contributed by atoms with Crippen molar-refractivity contribution in [2.24, 2.45) is 5.10 Å². The summed E-state index contributed by atoms with van der Waals surface area (Å²) in [4.78, 5) is 20.1. The summed E-state index contributed by atoms with van der Waals surface area (Å²) < 4.78 is 1.03. The van der Waals surface area contributed by atoms with Gasteiger partial charge >= 0.3 is 0 Å². The van der Waals surface area contributed by atoms with Crippen molar-refractivity contribution in [2.75, 3.05) is 24.0 Å². The number of nitrogens with zero attached hydrogens (tertiary/aromatic N) is 4. The molecule has 0 unspecified atom stereocenters. The lowest BCUT2D eigenvalue weighted by Crippen LogP contribution is -2.25. The van der Waals surface area contributed by atoms with Crippen LogP contribution in [0, 0.1) is 13.8 Å². The number of thiazole rings is 1. The van der Waals surface area contributed by atoms with E-state index in [0.717, 1.165) is 27.0 Å². The first-order valence-corrected chi connectivity index (χ1v) is 10.8. The molecule has 31 heavy (non-hydrogen) atoms. The van der Waals surface area contributed by atoms with E-state index in [4.69, 9.17) is 0 Å². The maximum absolute atomic E-state index is 13.4. The summed E-state index contributed by atoms with van der Waals surface area (Å²) in [5, 5.41) is 6.48. The van der Waals surface area contributed by atoms with Gasteiger partial charge in [-0.05, 0) is 61.4 Å². The van der Waals surface area contributed by atoms with Crippen LogP contribution >= 0.6 is 11.3 Å². The van der Waals surface area contributed by atoms with E-state index in [1.54, 1.807) is 6.21 Å². The monoisotopic (exact) mass is 428 g/mol. The largest absolute Gasteiger partial charge is 0.378 e. The molecule has 1 aromatic heterocycles. The first-order valence-electron chi connectivity index (χ1n) is 10.0. The molecular formula is C25H24N4OS. The van der Waals surface area contributed by atoms with Crippen LogP contribution in [0.25, 0.3) is 10.2 Å². The Bertz CT molecular complexity index is 1240. The fourth-order valence-electron chi connectivity index (χ4n) is 3.10. The number of fused-ring (bicyclic) bond motifs is 1. The minimum absolute atomic E-state index is 0.218. The van der Waals surface area contributed by atoms with Crippen LogP contribution in [-0.2, 0) is 0 Å². The van der Waals surface area contributed by atoms with Crippen molar-refractivity contribution in [1.82, 2.24) is 4.98 Å². The number of anilines is 2. The SMILES string of the molecule is Cc1ccc(/C=N/N(C(=O)c2ccc(N(C)C)cc2)c2nc3ccc(C)cc3s2)cc1. The average Bonchev–Trinajstić information content (AvgIpc) is 3.17. The van der Waals surface area contributed by atoms with Gasteiger partial charge in [0, 0.05) is 25.3 Å². The van der Waals surface area contributed by atoms with Gasteiger partial charge in [0.2, 0.25) is 5.13 Å². The van der Waals surface area contributed by atoms with Gasteiger partial charge in [0.1, 0.15) is 0 Å². The molecule has 0 saturated heterocycles. The second-order valence-electron chi connectivity index (χ2n) is 7.68. The summed E-state index contributed by atoms with van der Waals surface area (Å²) in [5.41, 5.74) is 5.69. The smallest absolute Gasteiger partial charge is 0.280 e. The second-order valence-corrected chi connectivity index (χ2v) is 8.69. The molecule has 5 nitrogen and oxygen atoms in total. The molecule has 0 fully saturated rings. The van der Waals surface area contributed by atoms with Crippen LogP contribution in [0.5, 0.6) is 0 Å². The van der Waals surface area contributed by atoms with Gasteiger partial charge in [0.15, 0.2) is 0 Å². The van der Waals surface area contributed by atoms with Crippen LogP contribution in [0.1, 0.15) is 27.0 Å². The molecule has 1 amide bonds. The number of rotatable bonds is 5. The highest BCUT2D eigenvalue weighted by Crippen LogP contribution is 2.31. The maximum atomic E-state index is 13.4. The summed E-state index contributed by atoms with van der Waals surface area (Å²) in [6.07, 6.45) is 1.70. The van der Waals surface area contributed by atoms with Gasteiger partial charge in [0.25, 0.3) is 5.91 Å². The molecule has 156 valence electrons. The molecular weight excluding hydrogens is 404 g/mol. The Morgan fingerprint density at radius 2 is 1.61 bits per heavy atom. The van der Waals surface area contributed by atoms with Crippen molar-refractivity contribution in [3.8, 4) is 0 Å². The Labute approximate surface area is 186 Å². The Balaban J connectivity index is 1.73. The van der Waals surface area contributed by atoms with Crippen LogP contribution in [0.2, 0.25) is 0 Å². The van der Waals surface area contributed by atoms with Gasteiger partial charge in [-0.15, -0.1) is 0 Å². The first-order chi connectivity index (χ1) is 14.9. The molecule has 4 aromatic rings. The van der Waals surface area contributed by atoms with Crippen molar-refractivity contribution in [3.63, 3.8) is 0 Å². The lowest BCUT2D eigenvalue weighted by molar-refractivity contribution is 0.0988. The van der Waals surface area contributed by atoms with E-state index in [-0.39, 0.29) is 5.91 Å². The minimum atomic E-state index is -0.218. The topological polar surface area (TPSA) is 48.8 Å². The van der Waals surface area contributed by atoms with E-state index in [1.165, 1.54) is 21.9 Å². The van der Waals surface area contributed by atoms with E-state index in [0.29, 0.717) is 10.7 Å². The maximum Gasteiger partial charge on any atom is 0.280 e. The van der Waals surface area contributed by atoms with Gasteiger partial charge < -0.3 is 4.90 Å². The number of amides is 1. The molecule has 0 atom stereocenters. The van der Waals surface area contributed by atoms with Crippen LogP contribution in [0.4, 0.5) is 10.8 Å². The molecule has 0 spiro atoms. The molecule has 1 heterocycles. The average molecular weight is 429 g/mol. The Hall–Kier alpha value is -3.51. The van der Waals surface area contributed by atoms with Gasteiger partial charge in [0.05, 0.1) is 16.4 Å². The highest BCUT2D eigenvalue weighted by atomic mass is 32.1. The zero-order chi connectivity index (χ0) is 22.0. The summed E-state index contributed by atoms with van der Waals surface area (Å²) in [6.45, 7) is 4.08. The lowest BCUT2D eigenvalue weighted by atomic mass is 10.2. The number of aryl methyl sites for hydroxylation is 2. The highest BCUT2D eigenvalue weighted by molar-refractivity contribution is 7.22. The molecule has 0 bridgehead atoms. The van der Waals surface area contributed by atoms with Crippen molar-refractivity contribution >= 4 is 44.5 Å². The molecule has 0 N–H and O–H groups in total. The summed E-state index contributed by atoms with van der Waals surface area (Å²) in [6, 6.07) is 21.6. The number of carbonyl (C=O) groups is 1. The minimum Gasteiger partial charge on any atom is -0.378 e. The van der Waals surface area contributed by atoms with Crippen LogP contribution in [0.3, 0.4) is 0 Å². The molecule has 0 aliphatic heterocycles. The van der Waals surface area contributed by atoms with E-state index >= 15 is 0 Å². The van der Waals surface area contributed by atoms with Crippen molar-refractivity contribution in [3.05, 3.63) is 89.0 Å². The molecule has 6 heteroatoms. The number of carbonyl (C=O) groups excluding carboxylic acids is 1. The van der Waals surface area contributed by atoms with Crippen molar-refractivity contribution in [2.45, 2.75) is 13.8 Å². The number of benzene rings is 3. The van der Waals surface area contributed by atoms with Gasteiger partial charge in [-0.1, -0.05) is 47.2 Å². The van der Waals surface area contributed by atoms with E-state index in [9.17, 15) is 4.79 Å². The predicted octanol–water partition coefficient (Wildman–Crippen LogP) is 5.66. The van der Waals surface area contributed by atoms with Crippen molar-refractivity contribution in [1.29, 1.82) is 0 Å². The molecule has 0 radical (unpaired) electrons. The molecule has 3 aromatic carbocycles. The normalized spacial score (nSPS) is 11.2. The Morgan fingerprint density at radius 3 is 2.29 bits per heavy atom. The van der Waals surface area contributed by atoms with Gasteiger partial charge in [-0.2, -0.15) is 10.1 Å². The van der Waals surface area contributed by atoms with Crippen molar-refractivity contribution < 1.29 is 4.79 Å². The van der Waals surface area contributed by atoms with Crippen LogP contribution in [-0.4, -0.2) is 31.2 Å². The molecule has 0 saturated carbocycles. The first kappa shape index (κ1) is 20.8. The predicted molar refractivity (Wildman–Crippen MR) is 131 cm³/mol. The van der Waals surface area contributed by atoms with Crippen LogP contribution in [0.15, 0.2) is 71.8 Å². The third-order valence-corrected chi connectivity index (χ3v) is 5.93. The number of hydrogen-bond donors (Lipinski definition) is 0. The zero-order valence-corrected chi connectivity index (χ0v) is 18.9. The van der Waals surface area contributed by atoms with Crippen LogP contribution < -0.4 is 9.91 Å². The third-order valence-electron chi connectivity index (χ3n) is 4.94. The fraction of sp³-hybridized carbons (Fsp3) is 0.160. The lowest BCUT2D eigenvalue weighted by Gasteiger charge is -2.16. The summed E-state index contributed by atoms with van der Waals surface area (Å²) in [7, 11) is 3.94. The third kappa shape index (κ3) is 4.64. The Morgan fingerprint density at radius 1 is 0.935 bits per heavy atom. The molecule has 0 aliphatic rings. The number of aromatic nitrogens is 1. The van der Waals surface area contributed by atoms with E-state index < -0.39 is 0 Å². The van der Waals surface area contributed by atoms with Gasteiger partial charge in [-0.25, -0.2) is 4.98 Å². The quantitative estimate of drug-likeness (QED) is 0.304. The summed E-state index contributed by atoms with van der Waals surface area (Å²) in [5.74, 6) is -0.218. The zero-order valence-electron chi connectivity index (χ0n) is 18.0. The standard InChI is InChI=1S/C25H24N4OS/c1-17-5-8-19(9-6-17)16-26-29(24(30)20-10-12-21(13-11-20)28(3)4)25-27-22-14-7-18(2)15-23(22)31-25/h5-16H,1-4H3/b26-16+. The fourth-order valence-corrected chi connectivity index (χ4v) is 4.12. The van der Waals surface area contributed by atoms with E-state index in [2.05, 4.69) is 16.2 Å². The Kier molecular flexibility index (Phi) is 5.82. The number of hydrogen-bond acceptors (Lipinski definition) is 5. The van der Waals surface area contributed by atoms with E-state index in [1.807, 2.05) is 93.5 Å². The second kappa shape index (κ2) is 8.70. The van der Waals surface area contributed by atoms with Gasteiger partial charge in [-0.3, -0.25) is 4.79 Å².